The van der Waals surface area contributed by atoms with Crippen molar-refractivity contribution >= 4 is 0 Å². The first-order valence-electron chi connectivity index (χ1n) is 17.6. The molecule has 0 bridgehead atoms. The van der Waals surface area contributed by atoms with Gasteiger partial charge >= 0.3 is 0 Å². The summed E-state index contributed by atoms with van der Waals surface area (Å²) in [7, 11) is 0. The van der Waals surface area contributed by atoms with E-state index in [1.165, 1.54) is 61.2 Å². The number of hydrogen-bond donors (Lipinski definition) is 1. The van der Waals surface area contributed by atoms with Gasteiger partial charge in [-0.3, -0.25) is 0 Å². The molecule has 1 aliphatic carbocycles. The average Bonchev–Trinajstić information content (AvgIpc) is 3.51. The lowest BCUT2D eigenvalue weighted by Crippen LogP contribution is -2.28. The minimum absolute atomic E-state index is 0.0344. The van der Waals surface area contributed by atoms with E-state index in [4.69, 9.17) is 0 Å². The molecule has 8 aromatic rings. The smallest absolute Gasteiger partial charge is 0.115 e. The van der Waals surface area contributed by atoms with Gasteiger partial charge in [0.15, 0.2) is 0 Å². The van der Waals surface area contributed by atoms with Crippen LogP contribution in [0.1, 0.15) is 44.9 Å². The lowest BCUT2D eigenvalue weighted by Gasteiger charge is -2.34. The molecule has 0 radical (unpaired) electrons. The lowest BCUT2D eigenvalue weighted by molar-refractivity contribution is 0.475. The first kappa shape index (κ1) is 30.6. The fraction of sp³-hybridized carbons (Fsp3) is 0.0400. The van der Waals surface area contributed by atoms with Crippen molar-refractivity contribution in [3.63, 3.8) is 0 Å². The second kappa shape index (κ2) is 12.8. The summed E-state index contributed by atoms with van der Waals surface area (Å²) in [5, 5.41) is 9.91. The molecule has 1 nitrogen and oxygen atoms in total. The van der Waals surface area contributed by atoms with Gasteiger partial charge in [0.05, 0.1) is 5.41 Å². The fourth-order valence-corrected chi connectivity index (χ4v) is 8.36. The van der Waals surface area contributed by atoms with Crippen LogP contribution in [0.15, 0.2) is 206 Å². The zero-order valence-electron chi connectivity index (χ0n) is 28.2. The Bertz CT molecular complexity index is 2410. The summed E-state index contributed by atoms with van der Waals surface area (Å²) in [6.45, 7) is 0. The molecule has 0 saturated heterocycles. The molecule has 1 aliphatic rings. The number of hydrogen-bond acceptors (Lipinski definition) is 1. The Kier molecular flexibility index (Phi) is 7.67. The largest absolute Gasteiger partial charge is 0.508 e. The van der Waals surface area contributed by atoms with E-state index in [0.717, 1.165) is 11.1 Å². The van der Waals surface area contributed by atoms with Crippen LogP contribution in [0.4, 0.5) is 0 Å². The molecule has 1 N–H and O–H groups in total. The van der Waals surface area contributed by atoms with Gasteiger partial charge in [-0.1, -0.05) is 194 Å². The van der Waals surface area contributed by atoms with Crippen LogP contribution < -0.4 is 0 Å². The molecule has 0 saturated carbocycles. The normalized spacial score (nSPS) is 13.3. The third-order valence-corrected chi connectivity index (χ3v) is 10.6. The van der Waals surface area contributed by atoms with Crippen LogP contribution in [0.25, 0.3) is 33.4 Å². The molecule has 1 atom stereocenters. The molecular weight excluding hydrogens is 617 g/mol. The number of phenols is 1. The first-order valence-corrected chi connectivity index (χ1v) is 17.6. The van der Waals surface area contributed by atoms with E-state index in [9.17, 15) is 5.11 Å². The molecule has 1 unspecified atom stereocenters. The zero-order valence-corrected chi connectivity index (χ0v) is 28.2. The Morgan fingerprint density at radius 3 is 1.55 bits per heavy atom. The molecule has 51 heavy (non-hydrogen) atoms. The summed E-state index contributed by atoms with van der Waals surface area (Å²) in [6.07, 6.45) is 0. The molecule has 0 spiro atoms. The van der Waals surface area contributed by atoms with Gasteiger partial charge in [-0.15, -0.1) is 0 Å². The van der Waals surface area contributed by atoms with Gasteiger partial charge in [0.25, 0.3) is 0 Å². The first-order chi connectivity index (χ1) is 25.2. The predicted octanol–water partition coefficient (Wildman–Crippen LogP) is 12.3. The van der Waals surface area contributed by atoms with E-state index < -0.39 is 5.41 Å². The molecule has 242 valence electrons. The van der Waals surface area contributed by atoms with E-state index in [1.54, 1.807) is 12.1 Å². The van der Waals surface area contributed by atoms with Crippen LogP contribution in [-0.2, 0) is 5.41 Å². The maximum Gasteiger partial charge on any atom is 0.115 e. The van der Waals surface area contributed by atoms with Crippen LogP contribution in [0.5, 0.6) is 5.75 Å². The van der Waals surface area contributed by atoms with Crippen molar-refractivity contribution in [2.24, 2.45) is 0 Å². The third kappa shape index (κ3) is 5.18. The van der Waals surface area contributed by atoms with Crippen LogP contribution in [0, 0.1) is 0 Å². The number of benzene rings is 8. The fourth-order valence-electron chi connectivity index (χ4n) is 8.36. The van der Waals surface area contributed by atoms with Crippen molar-refractivity contribution in [1.29, 1.82) is 0 Å². The highest BCUT2D eigenvalue weighted by atomic mass is 16.3. The SMILES string of the molecule is Oc1ccc(-c2ccc(C(c3cccc(-c4ccccc4)c3)c3cccc4c3-c3ccccc3C4(c3ccccc3)c3ccccc3)cc2)cc1. The van der Waals surface area contributed by atoms with Crippen LogP contribution in [0.2, 0.25) is 0 Å². The van der Waals surface area contributed by atoms with Crippen LogP contribution in [0.3, 0.4) is 0 Å². The van der Waals surface area contributed by atoms with Crippen molar-refractivity contribution in [2.45, 2.75) is 11.3 Å². The molecule has 8 aromatic carbocycles. The topological polar surface area (TPSA) is 20.2 Å². The maximum atomic E-state index is 9.91. The molecule has 0 fully saturated rings. The molecular formula is C50H36O. The summed E-state index contributed by atoms with van der Waals surface area (Å²) >= 11 is 0. The van der Waals surface area contributed by atoms with E-state index in [0.29, 0.717) is 0 Å². The summed E-state index contributed by atoms with van der Waals surface area (Å²) in [6, 6.07) is 74.1. The van der Waals surface area contributed by atoms with Crippen molar-refractivity contribution < 1.29 is 5.11 Å². The Labute approximate surface area is 299 Å². The highest BCUT2D eigenvalue weighted by Crippen LogP contribution is 2.58. The second-order valence-corrected chi connectivity index (χ2v) is 13.4. The molecule has 9 rings (SSSR count). The second-order valence-electron chi connectivity index (χ2n) is 13.4. The van der Waals surface area contributed by atoms with Gasteiger partial charge in [0, 0.05) is 5.92 Å². The predicted molar refractivity (Wildman–Crippen MR) is 210 cm³/mol. The number of phenolic OH excluding ortho intramolecular Hbond substituents is 1. The van der Waals surface area contributed by atoms with E-state index >= 15 is 0 Å². The minimum atomic E-state index is -0.469. The summed E-state index contributed by atoms with van der Waals surface area (Å²) < 4.78 is 0. The quantitative estimate of drug-likeness (QED) is 0.170. The molecule has 0 aliphatic heterocycles. The summed E-state index contributed by atoms with van der Waals surface area (Å²) in [5.41, 5.74) is 15.6. The Balaban J connectivity index is 1.31. The highest BCUT2D eigenvalue weighted by Gasteiger charge is 2.47. The van der Waals surface area contributed by atoms with Gasteiger partial charge in [-0.25, -0.2) is 0 Å². The van der Waals surface area contributed by atoms with Crippen molar-refractivity contribution in [1.82, 2.24) is 0 Å². The maximum absolute atomic E-state index is 9.91. The van der Waals surface area contributed by atoms with Gasteiger partial charge < -0.3 is 5.11 Å². The zero-order chi connectivity index (χ0) is 34.2. The minimum Gasteiger partial charge on any atom is -0.508 e. The van der Waals surface area contributed by atoms with E-state index in [1.807, 2.05) is 12.1 Å². The number of rotatable bonds is 7. The molecule has 0 amide bonds. The molecule has 0 aromatic heterocycles. The van der Waals surface area contributed by atoms with Gasteiger partial charge in [-0.05, 0) is 84.5 Å². The Hall–Kier alpha value is -6.44. The number of fused-ring (bicyclic) bond motifs is 3. The van der Waals surface area contributed by atoms with Gasteiger partial charge in [0.1, 0.15) is 5.75 Å². The van der Waals surface area contributed by atoms with E-state index in [-0.39, 0.29) is 11.7 Å². The van der Waals surface area contributed by atoms with Crippen molar-refractivity contribution in [2.75, 3.05) is 0 Å². The summed E-state index contributed by atoms with van der Waals surface area (Å²) in [5.74, 6) is 0.238. The van der Waals surface area contributed by atoms with Crippen molar-refractivity contribution in [3.8, 4) is 39.1 Å². The van der Waals surface area contributed by atoms with Gasteiger partial charge in [0.2, 0.25) is 0 Å². The standard InChI is InChI=1S/C50H36O/c51-43-32-30-37(31-33-43)36-26-28-38(29-27-36)48(40-17-12-16-39(34-40)35-14-4-1-5-15-35)45-23-13-25-47-49(45)44-22-10-11-24-46(44)50(47,41-18-6-2-7-19-41)42-20-8-3-9-21-42/h1-34,48,51H. The highest BCUT2D eigenvalue weighted by molar-refractivity contribution is 5.89. The van der Waals surface area contributed by atoms with Crippen molar-refractivity contribution in [3.05, 3.63) is 245 Å². The molecule has 1 heteroatoms. The van der Waals surface area contributed by atoms with Gasteiger partial charge in [-0.2, -0.15) is 0 Å². The number of aromatic hydroxyl groups is 1. The molecule has 0 heterocycles. The lowest BCUT2D eigenvalue weighted by atomic mass is 9.67. The summed E-state index contributed by atoms with van der Waals surface area (Å²) in [4.78, 5) is 0. The van der Waals surface area contributed by atoms with Crippen LogP contribution in [-0.4, -0.2) is 5.11 Å². The Morgan fingerprint density at radius 2 is 0.882 bits per heavy atom. The average molecular weight is 653 g/mol. The Morgan fingerprint density at radius 1 is 0.373 bits per heavy atom. The third-order valence-electron chi connectivity index (χ3n) is 10.6. The van der Waals surface area contributed by atoms with Crippen LogP contribution >= 0.6 is 0 Å². The van der Waals surface area contributed by atoms with E-state index in [2.05, 4.69) is 182 Å². The monoisotopic (exact) mass is 652 g/mol.